The van der Waals surface area contributed by atoms with Crippen LogP contribution in [0.25, 0.3) is 0 Å². The van der Waals surface area contributed by atoms with E-state index in [0.29, 0.717) is 18.8 Å². The maximum atomic E-state index is 11.7. The van der Waals surface area contributed by atoms with Gasteiger partial charge in [0, 0.05) is 31.4 Å². The molecule has 1 heterocycles. The zero-order chi connectivity index (χ0) is 15.8. The van der Waals surface area contributed by atoms with E-state index in [1.165, 1.54) is 0 Å². The molecule has 130 valence electrons. The summed E-state index contributed by atoms with van der Waals surface area (Å²) >= 11 is 0. The lowest BCUT2D eigenvalue weighted by Crippen LogP contribution is -2.21. The van der Waals surface area contributed by atoms with Gasteiger partial charge in [-0.2, -0.15) is 0 Å². The highest BCUT2D eigenvalue weighted by Gasteiger charge is 2.14. The maximum Gasteiger partial charge on any atom is 0.224 e. The van der Waals surface area contributed by atoms with Crippen LogP contribution in [-0.2, 0) is 9.53 Å². The number of anilines is 1. The Morgan fingerprint density at radius 1 is 1.35 bits per heavy atom. The molecule has 0 radical (unpaired) electrons. The average molecular weight is 343 g/mol. The number of amides is 1. The summed E-state index contributed by atoms with van der Waals surface area (Å²) in [5.41, 5.74) is 6.43. The lowest BCUT2D eigenvalue weighted by molar-refractivity contribution is -0.116. The summed E-state index contributed by atoms with van der Waals surface area (Å²) in [7, 11) is 0. The summed E-state index contributed by atoms with van der Waals surface area (Å²) in [4.78, 5) is 11.7. The molecule has 1 aliphatic rings. The van der Waals surface area contributed by atoms with Crippen LogP contribution in [0.5, 0.6) is 5.75 Å². The molecular weight excluding hydrogens is 316 g/mol. The number of carbonyl (C=O) groups excluding carboxylic acids is 1. The molecule has 1 saturated heterocycles. The van der Waals surface area contributed by atoms with Gasteiger partial charge in [0.05, 0.1) is 6.61 Å². The van der Waals surface area contributed by atoms with Crippen LogP contribution in [0.2, 0.25) is 0 Å². The number of hydrogen-bond donors (Lipinski definition) is 2. The Morgan fingerprint density at radius 2 is 2.00 bits per heavy atom. The highest BCUT2D eigenvalue weighted by molar-refractivity contribution is 5.90. The smallest absolute Gasteiger partial charge is 0.224 e. The molecule has 1 atom stereocenters. The van der Waals surface area contributed by atoms with Crippen LogP contribution in [0.1, 0.15) is 32.6 Å². The molecule has 1 fully saturated rings. The molecule has 23 heavy (non-hydrogen) atoms. The summed E-state index contributed by atoms with van der Waals surface area (Å²) in [6.07, 6.45) is 3.26. The van der Waals surface area contributed by atoms with Gasteiger partial charge in [-0.15, -0.1) is 12.4 Å². The van der Waals surface area contributed by atoms with Crippen LogP contribution in [0.4, 0.5) is 5.69 Å². The SMILES string of the molecule is CC(N)CCC(=O)Nc1ccc(OCC2CCOCC2)cc1.Cl. The predicted molar refractivity (Wildman–Crippen MR) is 94.2 cm³/mol. The van der Waals surface area contributed by atoms with E-state index in [1.807, 2.05) is 31.2 Å². The van der Waals surface area contributed by atoms with E-state index in [2.05, 4.69) is 5.32 Å². The van der Waals surface area contributed by atoms with Crippen molar-refractivity contribution < 1.29 is 14.3 Å². The average Bonchev–Trinajstić information content (AvgIpc) is 2.53. The normalized spacial score (nSPS) is 16.3. The lowest BCUT2D eigenvalue weighted by atomic mass is 10.0. The molecule has 1 amide bonds. The van der Waals surface area contributed by atoms with Gasteiger partial charge in [-0.1, -0.05) is 0 Å². The van der Waals surface area contributed by atoms with Crippen molar-refractivity contribution in [1.82, 2.24) is 0 Å². The van der Waals surface area contributed by atoms with Crippen molar-refractivity contribution in [3.63, 3.8) is 0 Å². The Hall–Kier alpha value is -1.30. The molecule has 0 aliphatic carbocycles. The molecule has 1 aliphatic heterocycles. The van der Waals surface area contributed by atoms with Crippen LogP contribution >= 0.6 is 12.4 Å². The number of hydrogen-bond acceptors (Lipinski definition) is 4. The minimum atomic E-state index is -0.00632. The summed E-state index contributed by atoms with van der Waals surface area (Å²) in [6.45, 7) is 4.29. The van der Waals surface area contributed by atoms with Crippen LogP contribution in [0.3, 0.4) is 0 Å². The van der Waals surface area contributed by atoms with E-state index in [0.717, 1.165) is 44.1 Å². The minimum Gasteiger partial charge on any atom is -0.493 e. The topological polar surface area (TPSA) is 73.6 Å². The second-order valence-corrected chi connectivity index (χ2v) is 5.96. The van der Waals surface area contributed by atoms with Crippen molar-refractivity contribution in [2.75, 3.05) is 25.1 Å². The molecule has 1 unspecified atom stereocenters. The van der Waals surface area contributed by atoms with Gasteiger partial charge in [-0.05, 0) is 56.4 Å². The summed E-state index contributed by atoms with van der Waals surface area (Å²) in [5, 5.41) is 2.86. The van der Waals surface area contributed by atoms with E-state index in [9.17, 15) is 4.79 Å². The van der Waals surface area contributed by atoms with Gasteiger partial charge in [0.1, 0.15) is 5.75 Å². The molecule has 0 aromatic heterocycles. The van der Waals surface area contributed by atoms with Crippen LogP contribution in [-0.4, -0.2) is 31.8 Å². The van der Waals surface area contributed by atoms with Gasteiger partial charge in [-0.25, -0.2) is 0 Å². The lowest BCUT2D eigenvalue weighted by Gasteiger charge is -2.22. The number of rotatable bonds is 7. The van der Waals surface area contributed by atoms with Gasteiger partial charge in [0.15, 0.2) is 0 Å². The summed E-state index contributed by atoms with van der Waals surface area (Å²) < 4.78 is 11.1. The molecule has 3 N–H and O–H groups in total. The first-order chi connectivity index (χ1) is 10.6. The van der Waals surface area contributed by atoms with Crippen LogP contribution in [0.15, 0.2) is 24.3 Å². The number of benzene rings is 1. The van der Waals surface area contributed by atoms with Crippen LogP contribution in [0, 0.1) is 5.92 Å². The number of nitrogens with two attached hydrogens (primary N) is 1. The third-order valence-electron chi connectivity index (χ3n) is 3.79. The van der Waals surface area contributed by atoms with Crippen molar-refractivity contribution in [2.45, 2.75) is 38.6 Å². The Labute approximate surface area is 144 Å². The number of carbonyl (C=O) groups is 1. The summed E-state index contributed by atoms with van der Waals surface area (Å²) in [6, 6.07) is 7.55. The molecule has 0 bridgehead atoms. The van der Waals surface area contributed by atoms with Crippen molar-refractivity contribution in [2.24, 2.45) is 11.7 Å². The fourth-order valence-corrected chi connectivity index (χ4v) is 2.34. The van der Waals surface area contributed by atoms with E-state index < -0.39 is 0 Å². The standard InChI is InChI=1S/C17H26N2O3.ClH/c1-13(18)2-7-17(20)19-15-3-5-16(6-4-15)22-12-14-8-10-21-11-9-14;/h3-6,13-14H,2,7-12,18H2,1H3,(H,19,20);1H. The maximum absolute atomic E-state index is 11.7. The first kappa shape index (κ1) is 19.7. The molecule has 1 aromatic rings. The largest absolute Gasteiger partial charge is 0.493 e. The van der Waals surface area contributed by atoms with Crippen molar-refractivity contribution in [3.8, 4) is 5.75 Å². The highest BCUT2D eigenvalue weighted by atomic mass is 35.5. The highest BCUT2D eigenvalue weighted by Crippen LogP contribution is 2.20. The van der Waals surface area contributed by atoms with Gasteiger partial charge in [-0.3, -0.25) is 4.79 Å². The van der Waals surface area contributed by atoms with Crippen LogP contribution < -0.4 is 15.8 Å². The number of nitrogens with one attached hydrogen (secondary N) is 1. The fraction of sp³-hybridized carbons (Fsp3) is 0.588. The van der Waals surface area contributed by atoms with Gasteiger partial charge >= 0.3 is 0 Å². The summed E-state index contributed by atoms with van der Waals surface area (Å²) in [5.74, 6) is 1.40. The van der Waals surface area contributed by atoms with Crippen molar-refractivity contribution in [1.29, 1.82) is 0 Å². The quantitative estimate of drug-likeness (QED) is 0.799. The molecule has 1 aromatic carbocycles. The third kappa shape index (κ3) is 7.68. The van der Waals surface area contributed by atoms with Gasteiger partial charge < -0.3 is 20.5 Å². The Bertz CT molecular complexity index is 459. The molecule has 6 heteroatoms. The Morgan fingerprint density at radius 3 is 2.61 bits per heavy atom. The van der Waals surface area contributed by atoms with Gasteiger partial charge in [0.25, 0.3) is 0 Å². The molecule has 0 saturated carbocycles. The van der Waals surface area contributed by atoms with E-state index in [1.54, 1.807) is 0 Å². The Balaban J connectivity index is 0.00000264. The second kappa shape index (κ2) is 10.5. The first-order valence-corrected chi connectivity index (χ1v) is 7.99. The molecule has 0 spiro atoms. The van der Waals surface area contributed by atoms with E-state index in [-0.39, 0.29) is 24.4 Å². The minimum absolute atomic E-state index is 0. The number of halogens is 1. The Kier molecular flexibility index (Phi) is 8.99. The van der Waals surface area contributed by atoms with Crippen molar-refractivity contribution >= 4 is 24.0 Å². The fourth-order valence-electron chi connectivity index (χ4n) is 2.34. The second-order valence-electron chi connectivity index (χ2n) is 5.96. The zero-order valence-electron chi connectivity index (χ0n) is 13.6. The predicted octanol–water partition coefficient (Wildman–Crippen LogP) is 2.98. The number of ether oxygens (including phenoxy) is 2. The molecule has 5 nitrogen and oxygen atoms in total. The monoisotopic (exact) mass is 342 g/mol. The first-order valence-electron chi connectivity index (χ1n) is 7.99. The molecule has 2 rings (SSSR count). The van der Waals surface area contributed by atoms with Crippen molar-refractivity contribution in [3.05, 3.63) is 24.3 Å². The van der Waals surface area contributed by atoms with E-state index in [4.69, 9.17) is 15.2 Å². The zero-order valence-corrected chi connectivity index (χ0v) is 14.4. The third-order valence-corrected chi connectivity index (χ3v) is 3.79. The van der Waals surface area contributed by atoms with E-state index >= 15 is 0 Å². The molecular formula is C17H27ClN2O3. The van der Waals surface area contributed by atoms with Gasteiger partial charge in [0.2, 0.25) is 5.91 Å².